The van der Waals surface area contributed by atoms with Crippen molar-refractivity contribution in [3.8, 4) is 0 Å². The van der Waals surface area contributed by atoms with Gasteiger partial charge in [-0.2, -0.15) is 0 Å². The number of carboxylic acid groups (broad SMARTS) is 1. The summed E-state index contributed by atoms with van der Waals surface area (Å²) in [4.78, 5) is 25.4. The van der Waals surface area contributed by atoms with Crippen LogP contribution in [0.1, 0.15) is 51.4 Å². The Morgan fingerprint density at radius 2 is 1.95 bits per heavy atom. The molecule has 2 aliphatic rings. The van der Waals surface area contributed by atoms with Crippen LogP contribution in [0.2, 0.25) is 0 Å². The van der Waals surface area contributed by atoms with E-state index < -0.39 is 12.0 Å². The highest BCUT2D eigenvalue weighted by molar-refractivity contribution is 5.84. The smallest absolute Gasteiger partial charge is 0.326 e. The number of likely N-dealkylation sites (tertiary alicyclic amines) is 1. The highest BCUT2D eigenvalue weighted by Gasteiger charge is 2.40. The zero-order chi connectivity index (χ0) is 13.9. The summed E-state index contributed by atoms with van der Waals surface area (Å²) in [7, 11) is 0. The van der Waals surface area contributed by atoms with Crippen molar-refractivity contribution in [1.29, 1.82) is 0 Å². The molecule has 1 aliphatic carbocycles. The second-order valence-corrected chi connectivity index (χ2v) is 6.02. The van der Waals surface area contributed by atoms with Gasteiger partial charge in [0.25, 0.3) is 0 Å². The lowest BCUT2D eigenvalue weighted by Gasteiger charge is -2.42. The first-order valence-electron chi connectivity index (χ1n) is 7.30. The topological polar surface area (TPSA) is 83.6 Å². The third-order valence-electron chi connectivity index (χ3n) is 4.73. The number of hydrogen-bond acceptors (Lipinski definition) is 3. The van der Waals surface area contributed by atoms with Crippen molar-refractivity contribution in [2.45, 2.75) is 57.4 Å². The van der Waals surface area contributed by atoms with E-state index in [4.69, 9.17) is 5.73 Å². The summed E-state index contributed by atoms with van der Waals surface area (Å²) in [6, 6.07) is -0.634. The van der Waals surface area contributed by atoms with Gasteiger partial charge >= 0.3 is 5.97 Å². The minimum Gasteiger partial charge on any atom is -0.480 e. The van der Waals surface area contributed by atoms with Gasteiger partial charge in [-0.15, -0.1) is 0 Å². The average molecular weight is 268 g/mol. The standard InChI is InChI=1S/C14H24N2O3/c15-10-14(6-4-7-14)9-12(17)16-8-3-1-2-5-11(16)13(18)19/h11H,1-10,15H2,(H,18,19). The Hall–Kier alpha value is -1.10. The molecule has 0 bridgehead atoms. The monoisotopic (exact) mass is 268 g/mol. The molecule has 1 aliphatic heterocycles. The van der Waals surface area contributed by atoms with E-state index in [1.165, 1.54) is 0 Å². The van der Waals surface area contributed by atoms with Crippen LogP contribution < -0.4 is 5.73 Å². The fraction of sp³-hybridized carbons (Fsp3) is 0.857. The Kier molecular flexibility index (Phi) is 4.45. The summed E-state index contributed by atoms with van der Waals surface area (Å²) in [6.45, 7) is 1.11. The van der Waals surface area contributed by atoms with E-state index in [0.29, 0.717) is 25.9 Å². The zero-order valence-corrected chi connectivity index (χ0v) is 11.4. The van der Waals surface area contributed by atoms with E-state index in [0.717, 1.165) is 38.5 Å². The normalized spacial score (nSPS) is 26.4. The van der Waals surface area contributed by atoms with E-state index in [1.54, 1.807) is 4.90 Å². The van der Waals surface area contributed by atoms with Crippen LogP contribution in [-0.4, -0.2) is 41.0 Å². The maximum atomic E-state index is 12.4. The molecular weight excluding hydrogens is 244 g/mol. The van der Waals surface area contributed by atoms with Crippen LogP contribution >= 0.6 is 0 Å². The quantitative estimate of drug-likeness (QED) is 0.806. The molecule has 1 saturated heterocycles. The molecular formula is C14H24N2O3. The predicted octanol–water partition coefficient (Wildman–Crippen LogP) is 1.36. The van der Waals surface area contributed by atoms with Gasteiger partial charge in [0.15, 0.2) is 0 Å². The highest BCUT2D eigenvalue weighted by Crippen LogP contribution is 2.43. The molecule has 2 rings (SSSR count). The molecule has 0 aromatic carbocycles. The van der Waals surface area contributed by atoms with Gasteiger partial charge in [-0.3, -0.25) is 4.79 Å². The Bertz CT molecular complexity index is 347. The van der Waals surface area contributed by atoms with Crippen molar-refractivity contribution in [2.24, 2.45) is 11.1 Å². The number of carbonyl (C=O) groups excluding carboxylic acids is 1. The van der Waals surface area contributed by atoms with Crippen molar-refractivity contribution >= 4 is 11.9 Å². The first-order chi connectivity index (χ1) is 9.08. The molecule has 0 radical (unpaired) electrons. The second-order valence-electron chi connectivity index (χ2n) is 6.02. The summed E-state index contributed by atoms with van der Waals surface area (Å²) in [5.41, 5.74) is 5.74. The minimum absolute atomic E-state index is 0.0144. The van der Waals surface area contributed by atoms with Gasteiger partial charge in [0.05, 0.1) is 0 Å². The van der Waals surface area contributed by atoms with Gasteiger partial charge in [-0.05, 0) is 37.6 Å². The molecule has 108 valence electrons. The van der Waals surface area contributed by atoms with Gasteiger partial charge < -0.3 is 15.7 Å². The molecule has 1 heterocycles. The fourth-order valence-electron chi connectivity index (χ4n) is 3.22. The number of nitrogens with two attached hydrogens (primary N) is 1. The molecule has 1 saturated carbocycles. The van der Waals surface area contributed by atoms with E-state index in [-0.39, 0.29) is 11.3 Å². The van der Waals surface area contributed by atoms with Crippen LogP contribution in [0, 0.1) is 5.41 Å². The Balaban J connectivity index is 2.04. The van der Waals surface area contributed by atoms with Crippen LogP contribution in [0.25, 0.3) is 0 Å². The van der Waals surface area contributed by atoms with Gasteiger partial charge in [0.2, 0.25) is 5.91 Å². The third-order valence-corrected chi connectivity index (χ3v) is 4.73. The molecule has 2 fully saturated rings. The summed E-state index contributed by atoms with van der Waals surface area (Å²) >= 11 is 0. The van der Waals surface area contributed by atoms with Crippen LogP contribution in [0.3, 0.4) is 0 Å². The van der Waals surface area contributed by atoms with Crippen molar-refractivity contribution in [1.82, 2.24) is 4.90 Å². The fourth-order valence-corrected chi connectivity index (χ4v) is 3.22. The lowest BCUT2D eigenvalue weighted by molar-refractivity contribution is -0.151. The Labute approximate surface area is 114 Å². The minimum atomic E-state index is -0.870. The van der Waals surface area contributed by atoms with Gasteiger partial charge in [0.1, 0.15) is 6.04 Å². The molecule has 19 heavy (non-hydrogen) atoms. The van der Waals surface area contributed by atoms with Gasteiger partial charge in [0, 0.05) is 13.0 Å². The van der Waals surface area contributed by atoms with E-state index in [9.17, 15) is 14.7 Å². The van der Waals surface area contributed by atoms with Gasteiger partial charge in [-0.1, -0.05) is 19.3 Å². The predicted molar refractivity (Wildman–Crippen MR) is 71.6 cm³/mol. The average Bonchev–Trinajstić information content (AvgIpc) is 2.59. The molecule has 1 unspecified atom stereocenters. The maximum absolute atomic E-state index is 12.4. The Morgan fingerprint density at radius 3 is 2.47 bits per heavy atom. The molecule has 5 nitrogen and oxygen atoms in total. The number of carbonyl (C=O) groups is 2. The third kappa shape index (κ3) is 3.08. The molecule has 0 spiro atoms. The largest absolute Gasteiger partial charge is 0.480 e. The number of aliphatic carboxylic acids is 1. The molecule has 0 aromatic heterocycles. The number of rotatable bonds is 4. The summed E-state index contributed by atoms with van der Waals surface area (Å²) in [5.74, 6) is -0.884. The van der Waals surface area contributed by atoms with Crippen LogP contribution in [0.5, 0.6) is 0 Å². The SMILES string of the molecule is NCC1(CC(=O)N2CCCCCC2C(=O)O)CCC1. The summed E-state index contributed by atoms with van der Waals surface area (Å²) in [5, 5.41) is 9.29. The van der Waals surface area contributed by atoms with E-state index in [2.05, 4.69) is 0 Å². The maximum Gasteiger partial charge on any atom is 0.326 e. The Morgan fingerprint density at radius 1 is 1.21 bits per heavy atom. The van der Waals surface area contributed by atoms with Crippen LogP contribution in [-0.2, 0) is 9.59 Å². The first kappa shape index (κ1) is 14.3. The molecule has 0 aromatic rings. The number of amides is 1. The first-order valence-corrected chi connectivity index (χ1v) is 7.30. The molecule has 3 N–H and O–H groups in total. The van der Waals surface area contributed by atoms with E-state index in [1.807, 2.05) is 0 Å². The molecule has 1 amide bonds. The lowest BCUT2D eigenvalue weighted by atomic mass is 9.66. The number of nitrogens with zero attached hydrogens (tertiary/aromatic N) is 1. The van der Waals surface area contributed by atoms with Gasteiger partial charge in [-0.25, -0.2) is 4.79 Å². The summed E-state index contributed by atoms with van der Waals surface area (Å²) < 4.78 is 0. The van der Waals surface area contributed by atoms with Crippen molar-refractivity contribution < 1.29 is 14.7 Å². The molecule has 1 atom stereocenters. The molecule has 5 heteroatoms. The zero-order valence-electron chi connectivity index (χ0n) is 11.4. The van der Waals surface area contributed by atoms with Crippen molar-refractivity contribution in [3.63, 3.8) is 0 Å². The second kappa shape index (κ2) is 5.90. The van der Waals surface area contributed by atoms with Crippen molar-refractivity contribution in [3.05, 3.63) is 0 Å². The van der Waals surface area contributed by atoms with E-state index >= 15 is 0 Å². The number of hydrogen-bond donors (Lipinski definition) is 2. The highest BCUT2D eigenvalue weighted by atomic mass is 16.4. The number of carboxylic acids is 1. The lowest BCUT2D eigenvalue weighted by Crippen LogP contribution is -2.48. The van der Waals surface area contributed by atoms with Crippen LogP contribution in [0.15, 0.2) is 0 Å². The van der Waals surface area contributed by atoms with Crippen molar-refractivity contribution in [2.75, 3.05) is 13.1 Å². The van der Waals surface area contributed by atoms with Crippen LogP contribution in [0.4, 0.5) is 0 Å². The summed E-state index contributed by atoms with van der Waals surface area (Å²) in [6.07, 6.45) is 6.95.